The van der Waals surface area contributed by atoms with Gasteiger partial charge in [-0.1, -0.05) is 65.0 Å². The topological polar surface area (TPSA) is 26.0 Å². The van der Waals surface area contributed by atoms with Gasteiger partial charge in [0.15, 0.2) is 0 Å². The van der Waals surface area contributed by atoms with Gasteiger partial charge in [0.05, 0.1) is 5.69 Å². The minimum absolute atomic E-state index is 0.0462. The maximum absolute atomic E-state index is 6.25. The lowest BCUT2D eigenvalue weighted by atomic mass is 9.80. The van der Waals surface area contributed by atoms with Crippen molar-refractivity contribution in [2.75, 3.05) is 0 Å². The number of aryl methyl sites for hydroxylation is 1. The van der Waals surface area contributed by atoms with Gasteiger partial charge in [-0.3, -0.25) is 4.98 Å². The van der Waals surface area contributed by atoms with E-state index in [9.17, 15) is 0 Å². The molecule has 0 fully saturated rings. The molecule has 6 rings (SSSR count). The van der Waals surface area contributed by atoms with E-state index >= 15 is 0 Å². The number of pyridine rings is 1. The number of hydrogen-bond donors (Lipinski definition) is 0. The summed E-state index contributed by atoms with van der Waals surface area (Å²) in [5, 5.41) is 2.96. The Morgan fingerprint density at radius 3 is 2.63 bits per heavy atom. The number of nitrogens with zero attached hydrogens (tertiary/aromatic N) is 1. The molecule has 0 amide bonds. The highest BCUT2D eigenvalue weighted by Gasteiger charge is 2.41. The molecule has 2 nitrogen and oxygen atoms in total. The van der Waals surface area contributed by atoms with Crippen LogP contribution in [0, 0.1) is 12.8 Å². The lowest BCUT2D eigenvalue weighted by Crippen LogP contribution is -2.12. The van der Waals surface area contributed by atoms with Crippen LogP contribution in [0.4, 0.5) is 0 Å². The van der Waals surface area contributed by atoms with Crippen LogP contribution in [-0.4, -0.2) is 4.98 Å². The van der Waals surface area contributed by atoms with Gasteiger partial charge in [-0.2, -0.15) is 0 Å². The van der Waals surface area contributed by atoms with E-state index in [4.69, 9.17) is 9.40 Å². The first kappa shape index (κ1) is 22.7. The quantitative estimate of drug-likeness (QED) is 0.293. The molecule has 0 saturated carbocycles. The zero-order chi connectivity index (χ0) is 24.5. The van der Waals surface area contributed by atoms with Crippen LogP contribution in [0.15, 0.2) is 64.1 Å². The number of fused-ring (bicyclic) bond motifs is 6. The Hall–Kier alpha value is -2.78. The molecule has 0 saturated heterocycles. The van der Waals surface area contributed by atoms with E-state index in [1.807, 2.05) is 18.0 Å². The third kappa shape index (κ3) is 3.67. The molecule has 2 unspecified atom stereocenters. The Morgan fingerprint density at radius 1 is 1.06 bits per heavy atom. The molecule has 0 radical (unpaired) electrons. The summed E-state index contributed by atoms with van der Waals surface area (Å²) < 4.78 is 6.25. The molecule has 0 spiro atoms. The van der Waals surface area contributed by atoms with Crippen LogP contribution in [0.25, 0.3) is 28.1 Å². The van der Waals surface area contributed by atoms with Crippen LogP contribution in [0.2, 0.25) is 0 Å². The monoisotopic (exact) mass is 479 g/mol. The summed E-state index contributed by atoms with van der Waals surface area (Å²) in [5.41, 5.74) is 7.95. The molecule has 3 heteroatoms. The molecular weight excluding hydrogens is 446 g/mol. The van der Waals surface area contributed by atoms with Crippen molar-refractivity contribution < 1.29 is 4.42 Å². The second kappa shape index (κ2) is 8.13. The van der Waals surface area contributed by atoms with Gasteiger partial charge in [0.2, 0.25) is 0 Å². The maximum Gasteiger partial charge on any atom is 0.131 e. The van der Waals surface area contributed by atoms with Crippen molar-refractivity contribution in [2.45, 2.75) is 69.4 Å². The second-order valence-electron chi connectivity index (χ2n) is 11.5. The van der Waals surface area contributed by atoms with Crippen LogP contribution in [-0.2, 0) is 11.8 Å². The number of hydrogen-bond acceptors (Lipinski definition) is 3. The van der Waals surface area contributed by atoms with Gasteiger partial charge in [-0.25, -0.2) is 0 Å². The Morgan fingerprint density at radius 2 is 1.86 bits per heavy atom. The van der Waals surface area contributed by atoms with Gasteiger partial charge in [0.25, 0.3) is 0 Å². The minimum atomic E-state index is 0.0462. The van der Waals surface area contributed by atoms with E-state index < -0.39 is 0 Å². The van der Waals surface area contributed by atoms with Crippen molar-refractivity contribution in [3.63, 3.8) is 0 Å². The van der Waals surface area contributed by atoms with Crippen LogP contribution in [0.3, 0.4) is 0 Å². The number of benzene rings is 2. The molecule has 2 aromatic carbocycles. The molecule has 0 N–H and O–H groups in total. The molecule has 2 aromatic heterocycles. The molecule has 4 aromatic rings. The third-order valence-electron chi connectivity index (χ3n) is 7.44. The Labute approximate surface area is 212 Å². The Balaban J connectivity index is 1.52. The Bertz CT molecular complexity index is 1480. The lowest BCUT2D eigenvalue weighted by Gasteiger charge is -2.24. The van der Waals surface area contributed by atoms with Crippen LogP contribution < -0.4 is 0 Å². The third-order valence-corrected chi connectivity index (χ3v) is 8.83. The van der Waals surface area contributed by atoms with Gasteiger partial charge in [0.1, 0.15) is 11.5 Å². The van der Waals surface area contributed by atoms with Gasteiger partial charge in [-0.15, -0.1) is 11.8 Å². The number of rotatable bonds is 3. The standard InChI is InChI=1S/C32H33NOS/c1-18(2)15-24-19(3)34-26-12-11-23-29-27(35-31(23)28(24)26)13-14-33-30(29)21-16-20-9-7-8-10-22(20)25(17-21)32(4,5)6/h7-14,16-18,23,31H,15H2,1-6H3. The fourth-order valence-electron chi connectivity index (χ4n) is 5.88. The van der Waals surface area contributed by atoms with Crippen LogP contribution >= 0.6 is 11.8 Å². The molecular formula is C32H33NOS. The first-order valence-electron chi connectivity index (χ1n) is 12.7. The first-order valence-corrected chi connectivity index (χ1v) is 13.6. The fraction of sp³-hybridized carbons (Fsp3) is 0.344. The van der Waals surface area contributed by atoms with Gasteiger partial charge in [-0.05, 0) is 70.9 Å². The average molecular weight is 480 g/mol. The summed E-state index contributed by atoms with van der Waals surface area (Å²) >= 11 is 1.99. The summed E-state index contributed by atoms with van der Waals surface area (Å²) in [5.74, 6) is 3.03. The summed E-state index contributed by atoms with van der Waals surface area (Å²) in [7, 11) is 0. The zero-order valence-electron chi connectivity index (χ0n) is 21.5. The SMILES string of the molecule is Cc1oc2c(c1CC(C)C)C1Sc3ccnc(-c4cc(C(C)(C)C)c5ccccc5c4)c3C1C=C2. The van der Waals surface area contributed by atoms with E-state index in [1.54, 1.807) is 0 Å². The number of allylic oxidation sites excluding steroid dienone is 1. The average Bonchev–Trinajstić information content (AvgIpc) is 3.34. The molecule has 1 aliphatic heterocycles. The smallest absolute Gasteiger partial charge is 0.131 e. The first-order chi connectivity index (χ1) is 16.7. The summed E-state index contributed by atoms with van der Waals surface area (Å²) in [4.78, 5) is 6.35. The molecule has 3 heterocycles. The summed E-state index contributed by atoms with van der Waals surface area (Å²) in [6.45, 7) is 13.6. The van der Waals surface area contributed by atoms with E-state index in [1.165, 1.54) is 43.5 Å². The van der Waals surface area contributed by atoms with Crippen molar-refractivity contribution in [3.05, 3.63) is 88.5 Å². The lowest BCUT2D eigenvalue weighted by molar-refractivity contribution is 0.512. The maximum atomic E-state index is 6.25. The van der Waals surface area contributed by atoms with Gasteiger partial charge < -0.3 is 4.42 Å². The molecule has 1 aliphatic carbocycles. The van der Waals surface area contributed by atoms with Crippen molar-refractivity contribution in [1.29, 1.82) is 0 Å². The summed E-state index contributed by atoms with van der Waals surface area (Å²) in [6.07, 6.45) is 7.61. The van der Waals surface area contributed by atoms with Crippen molar-refractivity contribution in [3.8, 4) is 11.3 Å². The zero-order valence-corrected chi connectivity index (χ0v) is 22.3. The Kier molecular flexibility index (Phi) is 5.27. The van der Waals surface area contributed by atoms with Crippen molar-refractivity contribution in [1.82, 2.24) is 4.98 Å². The fourth-order valence-corrected chi connectivity index (χ4v) is 7.41. The molecule has 0 bridgehead atoms. The van der Waals surface area contributed by atoms with Crippen molar-refractivity contribution in [2.24, 2.45) is 5.92 Å². The van der Waals surface area contributed by atoms with Crippen molar-refractivity contribution >= 4 is 28.6 Å². The number of furan rings is 1. The van der Waals surface area contributed by atoms with Gasteiger partial charge >= 0.3 is 0 Å². The van der Waals surface area contributed by atoms with E-state index in [-0.39, 0.29) is 5.41 Å². The van der Waals surface area contributed by atoms with Gasteiger partial charge in [0, 0.05) is 39.0 Å². The predicted octanol–water partition coefficient (Wildman–Crippen LogP) is 9.26. The largest absolute Gasteiger partial charge is 0.461 e. The number of aromatic nitrogens is 1. The van der Waals surface area contributed by atoms with Crippen LogP contribution in [0.1, 0.15) is 79.6 Å². The predicted molar refractivity (Wildman–Crippen MR) is 148 cm³/mol. The molecule has 2 atom stereocenters. The highest BCUT2D eigenvalue weighted by atomic mass is 32.2. The normalized spacial score (nSPS) is 18.7. The van der Waals surface area contributed by atoms with Crippen LogP contribution in [0.5, 0.6) is 0 Å². The second-order valence-corrected chi connectivity index (χ2v) is 12.7. The summed E-state index contributed by atoms with van der Waals surface area (Å²) in [6, 6.07) is 15.7. The minimum Gasteiger partial charge on any atom is -0.461 e. The van der Waals surface area contributed by atoms with E-state index in [0.717, 1.165) is 23.6 Å². The highest BCUT2D eigenvalue weighted by molar-refractivity contribution is 8.00. The van der Waals surface area contributed by atoms with E-state index in [2.05, 4.69) is 96.2 Å². The van der Waals surface area contributed by atoms with E-state index in [0.29, 0.717) is 17.1 Å². The molecule has 2 aliphatic rings. The number of thioether (sulfide) groups is 1. The highest BCUT2D eigenvalue weighted by Crippen LogP contribution is 2.60. The molecule has 178 valence electrons. The molecule has 35 heavy (non-hydrogen) atoms.